The van der Waals surface area contributed by atoms with Crippen molar-refractivity contribution in [2.75, 3.05) is 0 Å². The second-order valence-electron chi connectivity index (χ2n) is 4.48. The Hall–Kier alpha value is 0.560. The van der Waals surface area contributed by atoms with Crippen LogP contribution >= 0.6 is 21.6 Å². The van der Waals surface area contributed by atoms with E-state index in [1.165, 1.54) is 10.8 Å². The fourth-order valence-electron chi connectivity index (χ4n) is 0.817. The van der Waals surface area contributed by atoms with Crippen molar-refractivity contribution in [3.63, 3.8) is 0 Å². The van der Waals surface area contributed by atoms with Gasteiger partial charge in [-0.2, -0.15) is 0 Å². The van der Waals surface area contributed by atoms with E-state index in [9.17, 15) is 8.78 Å². The van der Waals surface area contributed by atoms with Gasteiger partial charge in [-0.15, -0.1) is 0 Å². The van der Waals surface area contributed by atoms with Crippen LogP contribution in [-0.2, 0) is 0 Å². The lowest BCUT2D eigenvalue weighted by atomic mass is 10.1. The normalized spacial score (nSPS) is 17.1. The zero-order chi connectivity index (χ0) is 11.4. The van der Waals surface area contributed by atoms with Gasteiger partial charge in [-0.1, -0.05) is 62.6 Å². The SMILES string of the molecule is CCC(C)[C@@H](SSC(C)(C)C)C(F)F. The van der Waals surface area contributed by atoms with Crippen LogP contribution in [0.2, 0.25) is 0 Å². The number of rotatable bonds is 5. The summed E-state index contributed by atoms with van der Waals surface area (Å²) < 4.78 is 25.4. The Labute approximate surface area is 94.0 Å². The zero-order valence-electron chi connectivity index (χ0n) is 9.51. The molecule has 0 spiro atoms. The molecule has 0 bridgehead atoms. The van der Waals surface area contributed by atoms with E-state index in [1.807, 2.05) is 34.6 Å². The molecule has 0 nitrogen and oxygen atoms in total. The van der Waals surface area contributed by atoms with Crippen molar-refractivity contribution in [3.05, 3.63) is 0 Å². The first-order valence-electron chi connectivity index (χ1n) is 4.90. The smallest absolute Gasteiger partial charge is 0.209 e. The second-order valence-corrected chi connectivity index (χ2v) is 7.68. The van der Waals surface area contributed by atoms with E-state index in [2.05, 4.69) is 0 Å². The lowest BCUT2D eigenvalue weighted by molar-refractivity contribution is 0.126. The number of hydrogen-bond donors (Lipinski definition) is 0. The average molecular weight is 242 g/mol. The van der Waals surface area contributed by atoms with E-state index < -0.39 is 11.7 Å². The maximum Gasteiger partial charge on any atom is 0.251 e. The lowest BCUT2D eigenvalue weighted by Gasteiger charge is -2.25. The Kier molecular flexibility index (Phi) is 6.46. The van der Waals surface area contributed by atoms with Gasteiger partial charge in [0.2, 0.25) is 0 Å². The van der Waals surface area contributed by atoms with Crippen LogP contribution in [0, 0.1) is 5.92 Å². The highest BCUT2D eigenvalue weighted by molar-refractivity contribution is 8.77. The van der Waals surface area contributed by atoms with Crippen molar-refractivity contribution >= 4 is 21.6 Å². The van der Waals surface area contributed by atoms with Crippen LogP contribution in [0.15, 0.2) is 0 Å². The molecule has 0 N–H and O–H groups in total. The van der Waals surface area contributed by atoms with E-state index in [-0.39, 0.29) is 10.7 Å². The predicted octanol–water partition coefficient (Wildman–Crippen LogP) is 4.85. The molecule has 0 aliphatic rings. The molecule has 4 heteroatoms. The Balaban J connectivity index is 4.11. The van der Waals surface area contributed by atoms with Gasteiger partial charge in [0.25, 0.3) is 6.43 Å². The van der Waals surface area contributed by atoms with E-state index >= 15 is 0 Å². The first-order chi connectivity index (χ1) is 6.28. The third-order valence-electron chi connectivity index (χ3n) is 1.86. The van der Waals surface area contributed by atoms with Crippen molar-refractivity contribution in [2.24, 2.45) is 5.92 Å². The maximum atomic E-state index is 12.7. The van der Waals surface area contributed by atoms with Crippen LogP contribution in [0.25, 0.3) is 0 Å². The lowest BCUT2D eigenvalue weighted by Crippen LogP contribution is -2.22. The largest absolute Gasteiger partial charge is 0.251 e. The van der Waals surface area contributed by atoms with Gasteiger partial charge < -0.3 is 0 Å². The summed E-state index contributed by atoms with van der Waals surface area (Å²) in [6.45, 7) is 9.99. The average Bonchev–Trinajstić information content (AvgIpc) is 2.01. The first-order valence-corrected chi connectivity index (χ1v) is 7.12. The van der Waals surface area contributed by atoms with Crippen molar-refractivity contribution in [2.45, 2.75) is 57.5 Å². The zero-order valence-corrected chi connectivity index (χ0v) is 11.1. The Bertz CT molecular complexity index is 155. The van der Waals surface area contributed by atoms with Crippen LogP contribution < -0.4 is 0 Å². The van der Waals surface area contributed by atoms with Crippen molar-refractivity contribution in [1.29, 1.82) is 0 Å². The third kappa shape index (κ3) is 6.12. The fraction of sp³-hybridized carbons (Fsp3) is 1.00. The molecule has 0 aromatic carbocycles. The van der Waals surface area contributed by atoms with Crippen LogP contribution in [0.4, 0.5) is 8.78 Å². The number of halogens is 2. The molecular weight excluding hydrogens is 222 g/mol. The first kappa shape index (κ1) is 14.6. The molecule has 0 saturated carbocycles. The third-order valence-corrected chi connectivity index (χ3v) is 5.81. The summed E-state index contributed by atoms with van der Waals surface area (Å²) in [5.74, 6) is 0.0786. The number of hydrogen-bond acceptors (Lipinski definition) is 2. The fourth-order valence-corrected chi connectivity index (χ4v) is 3.70. The van der Waals surface area contributed by atoms with E-state index in [0.717, 1.165) is 6.42 Å². The van der Waals surface area contributed by atoms with Gasteiger partial charge in [-0.25, -0.2) is 8.78 Å². The molecule has 0 rings (SSSR count). The maximum absolute atomic E-state index is 12.7. The molecule has 14 heavy (non-hydrogen) atoms. The van der Waals surface area contributed by atoms with Crippen molar-refractivity contribution < 1.29 is 8.78 Å². The molecule has 1 unspecified atom stereocenters. The highest BCUT2D eigenvalue weighted by atomic mass is 33.1. The van der Waals surface area contributed by atoms with Gasteiger partial charge in [0.15, 0.2) is 0 Å². The molecule has 0 heterocycles. The van der Waals surface area contributed by atoms with E-state index in [0.29, 0.717) is 0 Å². The Morgan fingerprint density at radius 2 is 1.71 bits per heavy atom. The Morgan fingerprint density at radius 3 is 2.00 bits per heavy atom. The Morgan fingerprint density at radius 1 is 1.21 bits per heavy atom. The van der Waals surface area contributed by atoms with Gasteiger partial charge in [0.1, 0.15) is 0 Å². The summed E-state index contributed by atoms with van der Waals surface area (Å²) in [5.41, 5.74) is 0. The summed E-state index contributed by atoms with van der Waals surface area (Å²) in [5, 5.41) is -0.538. The monoisotopic (exact) mass is 242 g/mol. The molecule has 0 aliphatic carbocycles. The minimum Gasteiger partial charge on any atom is -0.209 e. The topological polar surface area (TPSA) is 0 Å². The van der Waals surface area contributed by atoms with Crippen LogP contribution in [-0.4, -0.2) is 16.4 Å². The highest BCUT2D eigenvalue weighted by Gasteiger charge is 2.28. The van der Waals surface area contributed by atoms with Gasteiger partial charge in [0, 0.05) is 4.75 Å². The molecule has 0 amide bonds. The highest BCUT2D eigenvalue weighted by Crippen LogP contribution is 2.42. The summed E-state index contributed by atoms with van der Waals surface area (Å²) in [6, 6.07) is 0. The summed E-state index contributed by atoms with van der Waals surface area (Å²) in [6.07, 6.45) is -1.41. The van der Waals surface area contributed by atoms with Gasteiger partial charge in [-0.05, 0) is 5.92 Å². The van der Waals surface area contributed by atoms with Crippen LogP contribution in [0.5, 0.6) is 0 Å². The van der Waals surface area contributed by atoms with Gasteiger partial charge in [-0.3, -0.25) is 0 Å². The summed E-state index contributed by atoms with van der Waals surface area (Å²) in [4.78, 5) is 0. The van der Waals surface area contributed by atoms with E-state index in [4.69, 9.17) is 0 Å². The quantitative estimate of drug-likeness (QED) is 0.632. The molecule has 86 valence electrons. The molecular formula is C10H20F2S2. The van der Waals surface area contributed by atoms with Crippen molar-refractivity contribution in [3.8, 4) is 0 Å². The van der Waals surface area contributed by atoms with Crippen LogP contribution in [0.1, 0.15) is 41.0 Å². The van der Waals surface area contributed by atoms with Crippen LogP contribution in [0.3, 0.4) is 0 Å². The summed E-state index contributed by atoms with van der Waals surface area (Å²) in [7, 11) is 2.89. The molecule has 0 aliphatic heterocycles. The standard InChI is InChI=1S/C10H20F2S2/c1-6-7(2)8(9(11)12)13-14-10(3,4)5/h7-9H,6H2,1-5H3/t7?,8-/m1/s1. The van der Waals surface area contributed by atoms with Crippen molar-refractivity contribution in [1.82, 2.24) is 0 Å². The summed E-state index contributed by atoms with van der Waals surface area (Å²) >= 11 is 0. The molecule has 2 atom stereocenters. The minimum absolute atomic E-state index is 0.0469. The predicted molar refractivity (Wildman–Crippen MR) is 64.2 cm³/mol. The number of alkyl halides is 2. The van der Waals surface area contributed by atoms with E-state index in [1.54, 1.807) is 10.8 Å². The molecule has 0 radical (unpaired) electrons. The minimum atomic E-state index is -2.22. The molecule has 0 aromatic rings. The van der Waals surface area contributed by atoms with Gasteiger partial charge >= 0.3 is 0 Å². The molecule has 0 saturated heterocycles. The molecule has 0 fully saturated rings. The van der Waals surface area contributed by atoms with Gasteiger partial charge in [0.05, 0.1) is 5.25 Å². The molecule has 0 aromatic heterocycles. The second kappa shape index (κ2) is 6.21.